The SMILES string of the molecule is O=CCN(Cc1ccc(F)c(F)c1)SI. The van der Waals surface area contributed by atoms with Gasteiger partial charge in [-0.2, -0.15) is 0 Å². The lowest BCUT2D eigenvalue weighted by Crippen LogP contribution is -2.16. The molecule has 0 spiro atoms. The maximum atomic E-state index is 12.8. The number of halogens is 3. The third-order valence-electron chi connectivity index (χ3n) is 1.72. The monoisotopic (exact) mass is 343 g/mol. The molecule has 1 aromatic carbocycles. The Morgan fingerprint density at radius 1 is 1.40 bits per heavy atom. The van der Waals surface area contributed by atoms with Gasteiger partial charge in [0.15, 0.2) is 11.6 Å². The Morgan fingerprint density at radius 3 is 2.67 bits per heavy atom. The van der Waals surface area contributed by atoms with Crippen molar-refractivity contribution in [3.63, 3.8) is 0 Å². The molecule has 0 N–H and O–H groups in total. The molecule has 82 valence electrons. The molecule has 0 atom stereocenters. The van der Waals surface area contributed by atoms with Gasteiger partial charge in [-0.1, -0.05) is 6.07 Å². The fraction of sp³-hybridized carbons (Fsp3) is 0.222. The number of carbonyl (C=O) groups is 1. The van der Waals surface area contributed by atoms with Crippen LogP contribution in [-0.4, -0.2) is 17.1 Å². The zero-order chi connectivity index (χ0) is 11.3. The number of hydrogen-bond acceptors (Lipinski definition) is 3. The van der Waals surface area contributed by atoms with Crippen molar-refractivity contribution >= 4 is 36.6 Å². The highest BCUT2D eigenvalue weighted by Gasteiger charge is 2.07. The number of carbonyl (C=O) groups excluding carboxylic acids is 1. The summed E-state index contributed by atoms with van der Waals surface area (Å²) in [6.07, 6.45) is 0.769. The minimum Gasteiger partial charge on any atom is -0.302 e. The van der Waals surface area contributed by atoms with Crippen LogP contribution in [0.15, 0.2) is 18.2 Å². The molecule has 1 aromatic rings. The van der Waals surface area contributed by atoms with Crippen LogP contribution in [0.25, 0.3) is 0 Å². The van der Waals surface area contributed by atoms with Gasteiger partial charge in [-0.3, -0.25) is 0 Å². The van der Waals surface area contributed by atoms with Crippen LogP contribution in [0.3, 0.4) is 0 Å². The van der Waals surface area contributed by atoms with E-state index < -0.39 is 11.6 Å². The molecule has 0 saturated carbocycles. The zero-order valence-electron chi connectivity index (χ0n) is 7.62. The molecule has 1 rings (SSSR count). The van der Waals surface area contributed by atoms with Crippen molar-refractivity contribution in [1.82, 2.24) is 4.31 Å². The summed E-state index contributed by atoms with van der Waals surface area (Å²) in [5.74, 6) is -1.72. The van der Waals surface area contributed by atoms with E-state index in [0.717, 1.165) is 18.4 Å². The lowest BCUT2D eigenvalue weighted by atomic mass is 10.2. The fourth-order valence-corrected chi connectivity index (χ4v) is 2.26. The van der Waals surface area contributed by atoms with Crippen LogP contribution in [-0.2, 0) is 11.3 Å². The Hall–Kier alpha value is -0.210. The average Bonchev–Trinajstić information content (AvgIpc) is 2.23. The number of rotatable bonds is 5. The Labute approximate surface area is 103 Å². The molecule has 0 aliphatic heterocycles. The first-order valence-corrected chi connectivity index (χ1v) is 7.40. The topological polar surface area (TPSA) is 20.3 Å². The smallest absolute Gasteiger partial charge is 0.159 e. The van der Waals surface area contributed by atoms with Crippen LogP contribution in [0.2, 0.25) is 0 Å². The second-order valence-electron chi connectivity index (χ2n) is 2.81. The highest BCUT2D eigenvalue weighted by molar-refractivity contribution is 14.2. The summed E-state index contributed by atoms with van der Waals surface area (Å²) < 4.78 is 27.2. The first-order valence-electron chi connectivity index (χ1n) is 4.08. The van der Waals surface area contributed by atoms with E-state index in [2.05, 4.69) is 0 Å². The molecule has 0 fully saturated rings. The van der Waals surface area contributed by atoms with Gasteiger partial charge in [0.05, 0.1) is 6.54 Å². The standard InChI is InChI=1S/C9H8F2INOS/c10-8-2-1-7(5-9(8)11)6-13(15-12)3-4-14/h1-2,4-5H,3,6H2. The summed E-state index contributed by atoms with van der Waals surface area (Å²) in [7, 11) is 1.36. The molecule has 0 unspecified atom stereocenters. The molecule has 6 heteroatoms. The molecule has 2 nitrogen and oxygen atoms in total. The van der Waals surface area contributed by atoms with E-state index >= 15 is 0 Å². The van der Waals surface area contributed by atoms with Crippen molar-refractivity contribution in [2.45, 2.75) is 6.54 Å². The van der Waals surface area contributed by atoms with Crippen molar-refractivity contribution in [3.05, 3.63) is 35.4 Å². The summed E-state index contributed by atoms with van der Waals surface area (Å²) in [6.45, 7) is 0.663. The summed E-state index contributed by atoms with van der Waals surface area (Å²) in [5, 5.41) is 0. The molecule has 15 heavy (non-hydrogen) atoms. The van der Waals surface area contributed by atoms with Gasteiger partial charge in [-0.05, 0) is 26.8 Å². The number of hydrogen-bond donors (Lipinski definition) is 0. The number of aldehydes is 1. The quantitative estimate of drug-likeness (QED) is 0.466. The van der Waals surface area contributed by atoms with E-state index in [1.807, 2.05) is 21.2 Å². The van der Waals surface area contributed by atoms with Gasteiger partial charge in [-0.15, -0.1) is 0 Å². The second kappa shape index (κ2) is 6.39. The molecular weight excluding hydrogens is 335 g/mol. The average molecular weight is 343 g/mol. The minimum atomic E-state index is -0.864. The van der Waals surface area contributed by atoms with Crippen molar-refractivity contribution in [2.24, 2.45) is 0 Å². The third-order valence-corrected chi connectivity index (χ3v) is 3.86. The van der Waals surface area contributed by atoms with E-state index in [1.165, 1.54) is 15.2 Å². The first-order chi connectivity index (χ1) is 7.17. The van der Waals surface area contributed by atoms with Crippen LogP contribution in [0, 0.1) is 11.6 Å². The Kier molecular flexibility index (Phi) is 5.48. The van der Waals surface area contributed by atoms with E-state index in [1.54, 1.807) is 4.31 Å². The van der Waals surface area contributed by atoms with Crippen molar-refractivity contribution in [1.29, 1.82) is 0 Å². The molecule has 0 radical (unpaired) electrons. The molecule has 0 saturated heterocycles. The van der Waals surface area contributed by atoms with Gasteiger partial charge in [0.25, 0.3) is 0 Å². The Morgan fingerprint density at radius 2 is 2.13 bits per heavy atom. The summed E-state index contributed by atoms with van der Waals surface area (Å²) in [4.78, 5) is 10.3. The van der Waals surface area contributed by atoms with Gasteiger partial charge in [0, 0.05) is 27.8 Å². The molecule has 0 aliphatic rings. The molecule has 0 aliphatic carbocycles. The van der Waals surface area contributed by atoms with Gasteiger partial charge in [0.2, 0.25) is 0 Å². The summed E-state index contributed by atoms with van der Waals surface area (Å²) >= 11 is 2.03. The predicted octanol–water partition coefficient (Wildman–Crippen LogP) is 2.96. The van der Waals surface area contributed by atoms with E-state index in [4.69, 9.17) is 0 Å². The lowest BCUT2D eigenvalue weighted by Gasteiger charge is -2.14. The minimum absolute atomic E-state index is 0.257. The number of benzene rings is 1. The summed E-state index contributed by atoms with van der Waals surface area (Å²) in [5.41, 5.74) is 0.639. The molecule has 0 bridgehead atoms. The largest absolute Gasteiger partial charge is 0.302 e. The Bertz CT molecular complexity index is 351. The van der Waals surface area contributed by atoms with Crippen LogP contribution < -0.4 is 0 Å². The van der Waals surface area contributed by atoms with E-state index in [0.29, 0.717) is 12.1 Å². The van der Waals surface area contributed by atoms with Gasteiger partial charge >= 0.3 is 0 Å². The molecular formula is C9H8F2INOS. The highest BCUT2D eigenvalue weighted by Crippen LogP contribution is 2.21. The lowest BCUT2D eigenvalue weighted by molar-refractivity contribution is -0.108. The molecule has 0 aromatic heterocycles. The fourth-order valence-electron chi connectivity index (χ4n) is 1.04. The van der Waals surface area contributed by atoms with Gasteiger partial charge in [-0.25, -0.2) is 13.1 Å². The van der Waals surface area contributed by atoms with Crippen LogP contribution >= 0.6 is 30.3 Å². The van der Waals surface area contributed by atoms with E-state index in [-0.39, 0.29) is 6.54 Å². The number of nitrogens with zero attached hydrogens (tertiary/aromatic N) is 1. The zero-order valence-corrected chi connectivity index (χ0v) is 10.6. The predicted molar refractivity (Wildman–Crippen MR) is 64.4 cm³/mol. The van der Waals surface area contributed by atoms with E-state index in [9.17, 15) is 13.6 Å². The highest BCUT2D eigenvalue weighted by atomic mass is 127. The van der Waals surface area contributed by atoms with Crippen molar-refractivity contribution in [3.8, 4) is 0 Å². The first kappa shape index (κ1) is 12.9. The summed E-state index contributed by atoms with van der Waals surface area (Å²) in [6, 6.07) is 3.73. The van der Waals surface area contributed by atoms with Gasteiger partial charge < -0.3 is 4.79 Å². The third kappa shape index (κ3) is 4.04. The van der Waals surface area contributed by atoms with Crippen LogP contribution in [0.1, 0.15) is 5.56 Å². The normalized spacial score (nSPS) is 10.7. The molecule has 0 heterocycles. The van der Waals surface area contributed by atoms with Crippen LogP contribution in [0.5, 0.6) is 0 Å². The van der Waals surface area contributed by atoms with Crippen molar-refractivity contribution in [2.75, 3.05) is 6.54 Å². The Balaban J connectivity index is 2.70. The maximum absolute atomic E-state index is 12.8. The van der Waals surface area contributed by atoms with Crippen molar-refractivity contribution < 1.29 is 13.6 Å². The van der Waals surface area contributed by atoms with Crippen LogP contribution in [0.4, 0.5) is 8.78 Å². The van der Waals surface area contributed by atoms with Gasteiger partial charge in [0.1, 0.15) is 6.29 Å². The second-order valence-corrected chi connectivity index (χ2v) is 4.64. The molecule has 0 amide bonds. The maximum Gasteiger partial charge on any atom is 0.159 e.